The van der Waals surface area contributed by atoms with Crippen molar-refractivity contribution < 1.29 is 9.90 Å². The van der Waals surface area contributed by atoms with E-state index in [1.807, 2.05) is 0 Å². The molecule has 1 rings (SSSR count). The number of carbonyl (C=O) groups is 1. The molecule has 0 radical (unpaired) electrons. The molecule has 0 aliphatic carbocycles. The molecule has 1 saturated heterocycles. The van der Waals surface area contributed by atoms with Gasteiger partial charge in [0.2, 0.25) is 0 Å². The van der Waals surface area contributed by atoms with Crippen molar-refractivity contribution in [3.63, 3.8) is 0 Å². The van der Waals surface area contributed by atoms with Gasteiger partial charge in [-0.2, -0.15) is 0 Å². The van der Waals surface area contributed by atoms with Gasteiger partial charge in [-0.05, 0) is 39.8 Å². The van der Waals surface area contributed by atoms with Crippen molar-refractivity contribution in [2.75, 3.05) is 20.1 Å². The van der Waals surface area contributed by atoms with Crippen molar-refractivity contribution in [1.29, 1.82) is 0 Å². The van der Waals surface area contributed by atoms with Crippen molar-refractivity contribution in [3.05, 3.63) is 0 Å². The van der Waals surface area contributed by atoms with Crippen molar-refractivity contribution in [2.45, 2.75) is 38.3 Å². The molecule has 0 aromatic rings. The Morgan fingerprint density at radius 2 is 2.43 bits per heavy atom. The first kappa shape index (κ1) is 11.5. The Morgan fingerprint density at radius 1 is 1.71 bits per heavy atom. The molecule has 14 heavy (non-hydrogen) atoms. The van der Waals surface area contributed by atoms with Gasteiger partial charge < -0.3 is 15.3 Å². The fourth-order valence-corrected chi connectivity index (χ4v) is 2.01. The number of likely N-dealkylation sites (tertiary alicyclic amines) is 1. The Hall–Kier alpha value is -0.610. The predicted molar refractivity (Wildman–Crippen MR) is 55.4 cm³/mol. The van der Waals surface area contributed by atoms with E-state index in [4.69, 9.17) is 5.11 Å². The largest absolute Gasteiger partial charge is 0.480 e. The molecule has 2 atom stereocenters. The molecule has 0 aromatic carbocycles. The maximum absolute atomic E-state index is 10.7. The van der Waals surface area contributed by atoms with Gasteiger partial charge in [-0.25, -0.2) is 0 Å². The zero-order chi connectivity index (χ0) is 10.6. The monoisotopic (exact) mass is 200 g/mol. The number of hydrogen-bond donors (Lipinski definition) is 2. The number of rotatable bonds is 5. The van der Waals surface area contributed by atoms with Crippen LogP contribution >= 0.6 is 0 Å². The molecule has 2 N–H and O–H groups in total. The average molecular weight is 200 g/mol. The minimum atomic E-state index is -0.751. The molecule has 1 heterocycles. The van der Waals surface area contributed by atoms with Crippen molar-refractivity contribution in [1.82, 2.24) is 10.2 Å². The molecule has 4 nitrogen and oxygen atoms in total. The first-order valence-corrected chi connectivity index (χ1v) is 5.29. The molecule has 0 saturated carbocycles. The standard InChI is InChI=1S/C10H20N2O2/c1-8-4-3-6-12(8)7-5-9(11-2)10(13)14/h8-9,11H,3-7H2,1-2H3,(H,13,14). The van der Waals surface area contributed by atoms with Crippen molar-refractivity contribution in [2.24, 2.45) is 0 Å². The Bertz CT molecular complexity index is 197. The fraction of sp³-hybridized carbons (Fsp3) is 0.900. The van der Waals surface area contributed by atoms with Gasteiger partial charge in [0.1, 0.15) is 6.04 Å². The SMILES string of the molecule is CNC(CCN1CCCC1C)C(=O)O. The lowest BCUT2D eigenvalue weighted by Crippen LogP contribution is -2.38. The Morgan fingerprint density at radius 3 is 2.86 bits per heavy atom. The summed E-state index contributed by atoms with van der Waals surface area (Å²) in [6.07, 6.45) is 3.19. The molecule has 0 bridgehead atoms. The molecule has 1 aliphatic rings. The lowest BCUT2D eigenvalue weighted by molar-refractivity contribution is -0.139. The third kappa shape index (κ3) is 2.96. The second-order valence-electron chi connectivity index (χ2n) is 4.00. The lowest BCUT2D eigenvalue weighted by atomic mass is 10.2. The molecule has 1 aliphatic heterocycles. The Balaban J connectivity index is 2.27. The van der Waals surface area contributed by atoms with Gasteiger partial charge in [0.15, 0.2) is 0 Å². The second kappa shape index (κ2) is 5.32. The number of nitrogens with one attached hydrogen (secondary N) is 1. The topological polar surface area (TPSA) is 52.6 Å². The van der Waals surface area contributed by atoms with E-state index < -0.39 is 12.0 Å². The normalized spacial score (nSPS) is 25.1. The van der Waals surface area contributed by atoms with E-state index in [1.54, 1.807) is 7.05 Å². The number of hydrogen-bond acceptors (Lipinski definition) is 3. The van der Waals surface area contributed by atoms with Crippen LogP contribution in [0.25, 0.3) is 0 Å². The van der Waals surface area contributed by atoms with E-state index in [9.17, 15) is 4.79 Å². The first-order valence-electron chi connectivity index (χ1n) is 5.29. The van der Waals surface area contributed by atoms with E-state index in [2.05, 4.69) is 17.1 Å². The summed E-state index contributed by atoms with van der Waals surface area (Å²) in [7, 11) is 1.70. The first-order chi connectivity index (χ1) is 6.65. The van der Waals surface area contributed by atoms with Crippen LogP contribution in [0.4, 0.5) is 0 Å². The number of carboxylic acids is 1. The van der Waals surface area contributed by atoms with Gasteiger partial charge in [0.25, 0.3) is 0 Å². The Labute approximate surface area is 85.3 Å². The van der Waals surface area contributed by atoms with Crippen LogP contribution in [-0.2, 0) is 4.79 Å². The highest BCUT2D eigenvalue weighted by molar-refractivity contribution is 5.73. The van der Waals surface area contributed by atoms with Gasteiger partial charge in [0, 0.05) is 12.6 Å². The highest BCUT2D eigenvalue weighted by atomic mass is 16.4. The average Bonchev–Trinajstić information content (AvgIpc) is 2.52. The van der Waals surface area contributed by atoms with Crippen LogP contribution in [0, 0.1) is 0 Å². The highest BCUT2D eigenvalue weighted by Gasteiger charge is 2.22. The third-order valence-electron chi connectivity index (χ3n) is 3.04. The van der Waals surface area contributed by atoms with E-state index in [-0.39, 0.29) is 0 Å². The predicted octanol–water partition coefficient (Wildman–Crippen LogP) is 0.533. The quantitative estimate of drug-likeness (QED) is 0.680. The molecule has 82 valence electrons. The van der Waals surface area contributed by atoms with Crippen LogP contribution in [0.15, 0.2) is 0 Å². The fourth-order valence-electron chi connectivity index (χ4n) is 2.01. The zero-order valence-corrected chi connectivity index (χ0v) is 8.99. The zero-order valence-electron chi connectivity index (χ0n) is 8.99. The maximum atomic E-state index is 10.7. The lowest BCUT2D eigenvalue weighted by Gasteiger charge is -2.22. The number of aliphatic carboxylic acids is 1. The summed E-state index contributed by atoms with van der Waals surface area (Å²) in [5, 5.41) is 11.6. The van der Waals surface area contributed by atoms with Crippen LogP contribution in [-0.4, -0.2) is 48.2 Å². The van der Waals surface area contributed by atoms with Gasteiger partial charge in [-0.15, -0.1) is 0 Å². The Kier molecular flexibility index (Phi) is 4.35. The van der Waals surface area contributed by atoms with Gasteiger partial charge in [-0.1, -0.05) is 0 Å². The van der Waals surface area contributed by atoms with Crippen LogP contribution in [0.1, 0.15) is 26.2 Å². The van der Waals surface area contributed by atoms with Gasteiger partial charge in [-0.3, -0.25) is 4.79 Å². The molecule has 2 unspecified atom stereocenters. The molecule has 0 spiro atoms. The van der Waals surface area contributed by atoms with Crippen LogP contribution in [0.3, 0.4) is 0 Å². The summed E-state index contributed by atoms with van der Waals surface area (Å²) in [4.78, 5) is 13.1. The second-order valence-corrected chi connectivity index (χ2v) is 4.00. The number of carboxylic acid groups (broad SMARTS) is 1. The van der Waals surface area contributed by atoms with Crippen molar-refractivity contribution in [3.8, 4) is 0 Å². The number of likely N-dealkylation sites (N-methyl/N-ethyl adjacent to an activating group) is 1. The van der Waals surface area contributed by atoms with E-state index >= 15 is 0 Å². The van der Waals surface area contributed by atoms with E-state index in [0.29, 0.717) is 12.5 Å². The highest BCUT2D eigenvalue weighted by Crippen LogP contribution is 2.16. The van der Waals surface area contributed by atoms with Gasteiger partial charge >= 0.3 is 5.97 Å². The molecule has 0 amide bonds. The maximum Gasteiger partial charge on any atom is 0.320 e. The molecule has 1 fully saturated rings. The minimum absolute atomic E-state index is 0.400. The smallest absolute Gasteiger partial charge is 0.320 e. The summed E-state index contributed by atoms with van der Waals surface area (Å²) in [5.41, 5.74) is 0. The summed E-state index contributed by atoms with van der Waals surface area (Å²) < 4.78 is 0. The summed E-state index contributed by atoms with van der Waals surface area (Å²) in [6.45, 7) is 4.22. The summed E-state index contributed by atoms with van der Waals surface area (Å²) >= 11 is 0. The summed E-state index contributed by atoms with van der Waals surface area (Å²) in [6, 6.07) is 0.226. The summed E-state index contributed by atoms with van der Waals surface area (Å²) in [5.74, 6) is -0.751. The number of nitrogens with zero attached hydrogens (tertiary/aromatic N) is 1. The van der Waals surface area contributed by atoms with Crippen LogP contribution < -0.4 is 5.32 Å². The van der Waals surface area contributed by atoms with Crippen molar-refractivity contribution >= 4 is 5.97 Å². The third-order valence-corrected chi connectivity index (χ3v) is 3.04. The minimum Gasteiger partial charge on any atom is -0.480 e. The molecular weight excluding hydrogens is 180 g/mol. The molecule has 0 aromatic heterocycles. The molecular formula is C10H20N2O2. The van der Waals surface area contributed by atoms with E-state index in [1.165, 1.54) is 12.8 Å². The van der Waals surface area contributed by atoms with Gasteiger partial charge in [0.05, 0.1) is 0 Å². The van der Waals surface area contributed by atoms with E-state index in [0.717, 1.165) is 13.1 Å². The van der Waals surface area contributed by atoms with Crippen LogP contribution in [0.2, 0.25) is 0 Å². The molecule has 4 heteroatoms. The van der Waals surface area contributed by atoms with Crippen LogP contribution in [0.5, 0.6) is 0 Å².